The van der Waals surface area contributed by atoms with Crippen LogP contribution in [-0.4, -0.2) is 43.5 Å². The van der Waals surface area contributed by atoms with E-state index in [4.69, 9.17) is 0 Å². The minimum atomic E-state index is 0.660. The molecule has 3 rings (SSSR count). The van der Waals surface area contributed by atoms with Crippen LogP contribution in [0.1, 0.15) is 147 Å². The van der Waals surface area contributed by atoms with E-state index in [1.54, 1.807) is 28.9 Å². The van der Waals surface area contributed by atoms with Crippen molar-refractivity contribution in [1.82, 2.24) is 0 Å². The molecule has 3 heteroatoms. The fourth-order valence-corrected chi connectivity index (χ4v) is 9.64. The third-order valence-corrected chi connectivity index (χ3v) is 14.3. The van der Waals surface area contributed by atoms with Gasteiger partial charge in [0, 0.05) is 0 Å². The van der Waals surface area contributed by atoms with Crippen molar-refractivity contribution in [2.75, 3.05) is 0 Å². The average molecular weight is 646 g/mol. The molecule has 0 aliphatic carbocycles. The molecule has 3 heterocycles. The summed E-state index contributed by atoms with van der Waals surface area (Å²) in [6.07, 6.45) is 0. The first kappa shape index (κ1) is 31.0. The normalized spacial score (nSPS) is 11.5. The van der Waals surface area contributed by atoms with Crippen LogP contribution in [0.3, 0.4) is 0 Å². The van der Waals surface area contributed by atoms with Crippen LogP contribution in [0.25, 0.3) is 0 Å². The van der Waals surface area contributed by atoms with Gasteiger partial charge >= 0.3 is 225 Å². The van der Waals surface area contributed by atoms with E-state index < -0.39 is 0 Å². The summed E-state index contributed by atoms with van der Waals surface area (Å²) >= 11 is 1.99. The van der Waals surface area contributed by atoms with E-state index in [1.807, 2.05) is 0 Å². The van der Waals surface area contributed by atoms with Crippen LogP contribution in [0.5, 0.6) is 0 Å². The summed E-state index contributed by atoms with van der Waals surface area (Å²) in [5, 5.41) is 0. The van der Waals surface area contributed by atoms with Gasteiger partial charge in [0.05, 0.1) is 0 Å². The minimum absolute atomic E-state index is 0.660. The maximum atomic E-state index is 2.42. The molecule has 0 N–H and O–H groups in total. The molecule has 0 fully saturated rings. The molecule has 186 valence electrons. The summed E-state index contributed by atoms with van der Waals surface area (Å²) in [5.74, 6) is 4.44. The topological polar surface area (TPSA) is 0 Å². The van der Waals surface area contributed by atoms with E-state index in [-0.39, 0.29) is 0 Å². The molecule has 0 spiro atoms. The van der Waals surface area contributed by atoms with E-state index in [0.717, 1.165) is 23.7 Å². The summed E-state index contributed by atoms with van der Waals surface area (Å²) < 4.78 is 6.62. The molecule has 0 bridgehead atoms. The van der Waals surface area contributed by atoms with Crippen LogP contribution in [0, 0.1) is 0 Å². The van der Waals surface area contributed by atoms with Crippen molar-refractivity contribution in [2.45, 2.75) is 119 Å². The van der Waals surface area contributed by atoms with E-state index in [0.29, 0.717) is 55.3 Å². The van der Waals surface area contributed by atoms with Gasteiger partial charge in [-0.15, -0.1) is 0 Å². The van der Waals surface area contributed by atoms with E-state index >= 15 is 0 Å². The predicted octanol–water partition coefficient (Wildman–Crippen LogP) is 8.97. The van der Waals surface area contributed by atoms with Crippen LogP contribution in [0.15, 0.2) is 34.1 Å². The number of rotatable bonds is 6. The van der Waals surface area contributed by atoms with Crippen LogP contribution in [-0.2, 0) is 0 Å². The Morgan fingerprint density at radius 2 is 0.727 bits per heavy atom. The fraction of sp³-hybridized carbons (Fsp3) is 0.600. The third-order valence-electron chi connectivity index (χ3n) is 5.54. The molecule has 0 saturated heterocycles. The maximum absolute atomic E-state index is 2.42. The molecular weight excluding hydrogens is 597 g/mol. The molecule has 0 radical (unpaired) electrons. The van der Waals surface area contributed by atoms with Gasteiger partial charge in [-0.2, -0.15) is 0 Å². The Morgan fingerprint density at radius 3 is 0.879 bits per heavy atom. The summed E-state index contributed by atoms with van der Waals surface area (Å²) in [6.45, 7) is 27.3. The zero-order chi connectivity index (χ0) is 25.3. The Morgan fingerprint density at radius 1 is 0.424 bits per heavy atom. The van der Waals surface area contributed by atoms with Crippen molar-refractivity contribution in [3.05, 3.63) is 63.0 Å². The Kier molecular flexibility index (Phi) is 14.3. The van der Waals surface area contributed by atoms with Crippen LogP contribution >= 0.6 is 0 Å². The number of hydrogen-bond acceptors (Lipinski definition) is 0. The molecule has 0 amide bonds. The second kappa shape index (κ2) is 15.2. The summed E-state index contributed by atoms with van der Waals surface area (Å²) in [6, 6.07) is 9.44. The van der Waals surface area contributed by atoms with Gasteiger partial charge in [-0.1, -0.05) is 0 Å². The van der Waals surface area contributed by atoms with E-state index in [9.17, 15) is 0 Å². The molecule has 0 nitrogen and oxygen atoms in total. The van der Waals surface area contributed by atoms with Gasteiger partial charge in [0.25, 0.3) is 0 Å². The molecule has 3 aromatic rings. The van der Waals surface area contributed by atoms with Crippen molar-refractivity contribution in [3.8, 4) is 0 Å². The Hall–Kier alpha value is -0.00156. The predicted molar refractivity (Wildman–Crippen MR) is 155 cm³/mol. The van der Waals surface area contributed by atoms with Gasteiger partial charge in [-0.05, 0) is 0 Å². The summed E-state index contributed by atoms with van der Waals surface area (Å²) in [7, 11) is 0. The number of hydrogen-bond donors (Lipinski definition) is 0. The first-order valence-corrected chi connectivity index (χ1v) is 18.0. The molecule has 3 aromatic heterocycles. The summed E-state index contributed by atoms with van der Waals surface area (Å²) in [4.78, 5) is 4.85. The molecule has 0 saturated carbocycles. The van der Waals surface area contributed by atoms with Crippen LogP contribution in [0.4, 0.5) is 0 Å². The second-order valence-electron chi connectivity index (χ2n) is 10.7. The molecule has 33 heavy (non-hydrogen) atoms. The zero-order valence-corrected chi connectivity index (χ0v) is 28.3. The average Bonchev–Trinajstić information content (AvgIpc) is 3.49. The Labute approximate surface area is 223 Å². The third kappa shape index (κ3) is 11.1. The zero-order valence-electron chi connectivity index (χ0n) is 23.2. The van der Waals surface area contributed by atoms with Gasteiger partial charge in [-0.3, -0.25) is 0 Å². The van der Waals surface area contributed by atoms with Crippen molar-refractivity contribution in [2.24, 2.45) is 0 Å². The molecular formula is C30H48Se3. The molecule has 0 aromatic carbocycles. The summed E-state index contributed by atoms with van der Waals surface area (Å²) in [5.41, 5.74) is 3.10. The Balaban J connectivity index is 0.000000247. The fourth-order valence-electron chi connectivity index (χ4n) is 2.94. The molecule has 0 aliphatic rings. The SMILES string of the molecule is CC(C)c1c[se]c(C(C)C)c1.CC(C)c1c[se]c(C(C)C)c1.CC(C)c1ccc(C(C)C)[se]1. The monoisotopic (exact) mass is 648 g/mol. The van der Waals surface area contributed by atoms with Crippen molar-refractivity contribution < 1.29 is 0 Å². The molecule has 0 aliphatic heterocycles. The van der Waals surface area contributed by atoms with Crippen molar-refractivity contribution in [3.63, 3.8) is 0 Å². The first-order valence-electron chi connectivity index (χ1n) is 12.6. The van der Waals surface area contributed by atoms with Gasteiger partial charge < -0.3 is 0 Å². The van der Waals surface area contributed by atoms with Gasteiger partial charge in [-0.25, -0.2) is 0 Å². The van der Waals surface area contributed by atoms with Crippen LogP contribution < -0.4 is 0 Å². The van der Waals surface area contributed by atoms with Crippen molar-refractivity contribution in [1.29, 1.82) is 0 Å². The van der Waals surface area contributed by atoms with Gasteiger partial charge in [0.15, 0.2) is 0 Å². The van der Waals surface area contributed by atoms with Crippen molar-refractivity contribution >= 4 is 43.5 Å². The van der Waals surface area contributed by atoms with Crippen LogP contribution in [0.2, 0.25) is 0 Å². The first-order chi connectivity index (χ1) is 15.3. The van der Waals surface area contributed by atoms with E-state index in [2.05, 4.69) is 117 Å². The standard InChI is InChI=1S/3C10H16Se/c2*1-7(2)9-5-10(8(3)4)11-6-9;1-7(2)9-5-6-10(11-9)8(3)4/h3*5-8H,1-4H3. The second-order valence-corrected chi connectivity index (χ2v) is 17.1. The quantitative estimate of drug-likeness (QED) is 0.235. The van der Waals surface area contributed by atoms with Gasteiger partial charge in [0.2, 0.25) is 0 Å². The van der Waals surface area contributed by atoms with E-state index in [1.165, 1.54) is 0 Å². The Bertz CT molecular complexity index is 714. The molecule has 0 atom stereocenters. The molecule has 0 unspecified atom stereocenters. The van der Waals surface area contributed by atoms with Gasteiger partial charge in [0.1, 0.15) is 0 Å².